The molecular weight excluding hydrogens is 440 g/mol. The molecule has 9 heteroatoms. The van der Waals surface area contributed by atoms with Gasteiger partial charge in [0.2, 0.25) is 0 Å². The third kappa shape index (κ3) is 5.02. The molecule has 1 fully saturated rings. The maximum atomic E-state index is 12.7. The van der Waals surface area contributed by atoms with E-state index in [1.807, 2.05) is 0 Å². The van der Waals surface area contributed by atoms with Crippen LogP contribution in [0.3, 0.4) is 0 Å². The van der Waals surface area contributed by atoms with Crippen LogP contribution in [-0.4, -0.2) is 42.7 Å². The van der Waals surface area contributed by atoms with E-state index < -0.39 is 5.97 Å². The van der Waals surface area contributed by atoms with E-state index in [0.717, 1.165) is 11.8 Å². The number of carbonyl (C=O) groups excluding carboxylic acids is 2. The highest BCUT2D eigenvalue weighted by atomic mass is 35.5. The summed E-state index contributed by atoms with van der Waals surface area (Å²) in [4.78, 5) is 29.9. The second-order valence-corrected chi connectivity index (χ2v) is 7.65. The second-order valence-electron chi connectivity index (χ2n) is 6.23. The number of halogens is 1. The van der Waals surface area contributed by atoms with E-state index in [4.69, 9.17) is 27.5 Å². The van der Waals surface area contributed by atoms with Crippen LogP contribution in [0.4, 0.5) is 5.69 Å². The van der Waals surface area contributed by atoms with Crippen molar-refractivity contribution in [3.63, 3.8) is 0 Å². The van der Waals surface area contributed by atoms with Gasteiger partial charge in [0.05, 0.1) is 28.7 Å². The number of carboxylic acid groups (broad SMARTS) is 1. The number of hydrogen-bond acceptors (Lipinski definition) is 7. The zero-order valence-electron chi connectivity index (χ0n) is 16.5. The van der Waals surface area contributed by atoms with Gasteiger partial charge in [0.15, 0.2) is 16.7 Å². The molecule has 1 aliphatic heterocycles. The van der Waals surface area contributed by atoms with Crippen LogP contribution in [0, 0.1) is 12.3 Å². The molecule has 0 unspecified atom stereocenters. The molecule has 0 aliphatic carbocycles. The molecule has 2 aromatic rings. The van der Waals surface area contributed by atoms with Gasteiger partial charge in [-0.2, -0.15) is 0 Å². The maximum Gasteiger partial charge on any atom is 0.266 e. The summed E-state index contributed by atoms with van der Waals surface area (Å²) >= 11 is 7.45. The predicted molar refractivity (Wildman–Crippen MR) is 119 cm³/mol. The number of carbonyl (C=O) groups is 2. The van der Waals surface area contributed by atoms with E-state index in [2.05, 4.69) is 10.9 Å². The van der Waals surface area contributed by atoms with Crippen molar-refractivity contribution >= 4 is 52.2 Å². The highest BCUT2D eigenvalue weighted by Gasteiger charge is 2.30. The molecule has 1 amide bonds. The smallest absolute Gasteiger partial charge is 0.266 e. The van der Waals surface area contributed by atoms with E-state index >= 15 is 0 Å². The summed E-state index contributed by atoms with van der Waals surface area (Å²) in [7, 11) is 3.06. The number of carboxylic acids is 1. The van der Waals surface area contributed by atoms with Crippen LogP contribution in [-0.2, 0) is 4.79 Å². The Morgan fingerprint density at radius 3 is 2.84 bits per heavy atom. The number of thioether (sulfide) groups is 1. The number of terminal acetylenes is 1. The number of ether oxygens (including phenoxy) is 2. The Morgan fingerprint density at radius 2 is 2.16 bits per heavy atom. The minimum Gasteiger partial charge on any atom is -0.545 e. The van der Waals surface area contributed by atoms with Crippen LogP contribution in [0.5, 0.6) is 11.5 Å². The summed E-state index contributed by atoms with van der Waals surface area (Å²) in [5.41, 5.74) is 1.02. The number of methoxy groups -OCH3 is 1. The minimum atomic E-state index is -1.30. The molecule has 0 spiro atoms. The summed E-state index contributed by atoms with van der Waals surface area (Å²) in [5, 5.41) is 11.7. The fourth-order valence-electron chi connectivity index (χ4n) is 2.69. The fraction of sp³-hybridized carbons (Fsp3) is 0.136. The van der Waals surface area contributed by atoms with Gasteiger partial charge in [-0.05, 0) is 53.2 Å². The molecule has 0 aromatic heterocycles. The quantitative estimate of drug-likeness (QED) is 0.491. The fourth-order valence-corrected chi connectivity index (χ4v) is 3.95. The molecule has 0 atom stereocenters. The highest BCUT2D eigenvalue weighted by molar-refractivity contribution is 8.18. The van der Waals surface area contributed by atoms with Crippen LogP contribution in [0.25, 0.3) is 6.08 Å². The first-order chi connectivity index (χ1) is 14.8. The molecule has 158 valence electrons. The largest absolute Gasteiger partial charge is 0.545 e. The Bertz CT molecular complexity index is 1150. The first-order valence-corrected chi connectivity index (χ1v) is 10.0. The highest BCUT2D eigenvalue weighted by Crippen LogP contribution is 2.39. The second kappa shape index (κ2) is 9.60. The molecule has 0 radical (unpaired) electrons. The van der Waals surface area contributed by atoms with Crippen LogP contribution < -0.4 is 14.6 Å². The average molecular weight is 456 g/mol. The Kier molecular flexibility index (Phi) is 6.90. The van der Waals surface area contributed by atoms with Crippen LogP contribution in [0.1, 0.15) is 15.9 Å². The van der Waals surface area contributed by atoms with Crippen molar-refractivity contribution in [1.29, 1.82) is 0 Å². The van der Waals surface area contributed by atoms with E-state index in [9.17, 15) is 14.7 Å². The molecule has 31 heavy (non-hydrogen) atoms. The third-order valence-corrected chi connectivity index (χ3v) is 5.50. The van der Waals surface area contributed by atoms with Gasteiger partial charge >= 0.3 is 0 Å². The minimum absolute atomic E-state index is 0.00322. The lowest BCUT2D eigenvalue weighted by molar-refractivity contribution is -0.255. The average Bonchev–Trinajstić information content (AvgIpc) is 3.00. The van der Waals surface area contributed by atoms with Gasteiger partial charge in [0.1, 0.15) is 6.61 Å². The molecule has 0 N–H and O–H groups in total. The number of likely N-dealkylation sites (N-methyl/N-ethyl adjacent to an activating group) is 1. The molecule has 1 aliphatic rings. The van der Waals surface area contributed by atoms with E-state index in [-0.39, 0.29) is 18.1 Å². The number of amides is 1. The van der Waals surface area contributed by atoms with Crippen LogP contribution in [0.2, 0.25) is 5.02 Å². The summed E-state index contributed by atoms with van der Waals surface area (Å²) in [6.07, 6.45) is 6.88. The summed E-state index contributed by atoms with van der Waals surface area (Å²) in [6.45, 7) is 0.0363. The van der Waals surface area contributed by atoms with Gasteiger partial charge in [0, 0.05) is 7.05 Å². The van der Waals surface area contributed by atoms with Crippen molar-refractivity contribution in [3.05, 3.63) is 57.5 Å². The molecule has 1 heterocycles. The Morgan fingerprint density at radius 1 is 1.39 bits per heavy atom. The SMILES string of the molecule is C#CCOc1c(Cl)cc(/C=C2\SC(=Nc3cccc(C(=O)[O-])c3)N(C)C2=O)cc1OC. The zero-order chi connectivity index (χ0) is 22.5. The van der Waals surface area contributed by atoms with Crippen LogP contribution in [0.15, 0.2) is 46.3 Å². The lowest BCUT2D eigenvalue weighted by Crippen LogP contribution is -2.23. The lowest BCUT2D eigenvalue weighted by atomic mass is 10.2. The third-order valence-electron chi connectivity index (χ3n) is 4.16. The first-order valence-electron chi connectivity index (χ1n) is 8.85. The number of aliphatic imine (C=N–C) groups is 1. The Balaban J connectivity index is 1.92. The van der Waals surface area contributed by atoms with Gasteiger partial charge in [-0.15, -0.1) is 6.42 Å². The van der Waals surface area contributed by atoms with Gasteiger partial charge in [-0.3, -0.25) is 9.69 Å². The molecule has 0 saturated carbocycles. The summed E-state index contributed by atoms with van der Waals surface area (Å²) in [5.74, 6) is 1.50. The number of benzene rings is 2. The summed E-state index contributed by atoms with van der Waals surface area (Å²) < 4.78 is 10.7. The number of hydrogen-bond donors (Lipinski definition) is 0. The van der Waals surface area contributed by atoms with Crippen molar-refractivity contribution in [2.45, 2.75) is 0 Å². The van der Waals surface area contributed by atoms with Gasteiger partial charge in [-0.25, -0.2) is 4.99 Å². The monoisotopic (exact) mass is 455 g/mol. The van der Waals surface area contributed by atoms with Crippen LogP contribution >= 0.6 is 23.4 Å². The molecular formula is C22H16ClN2O5S-. The zero-order valence-corrected chi connectivity index (χ0v) is 18.1. The van der Waals surface area contributed by atoms with Gasteiger partial charge in [0.25, 0.3) is 5.91 Å². The van der Waals surface area contributed by atoms with E-state index in [0.29, 0.717) is 37.8 Å². The van der Waals surface area contributed by atoms with E-state index in [1.165, 1.54) is 24.1 Å². The van der Waals surface area contributed by atoms with E-state index in [1.54, 1.807) is 37.4 Å². The number of amidine groups is 1. The normalized spacial score (nSPS) is 15.9. The van der Waals surface area contributed by atoms with Crippen molar-refractivity contribution in [3.8, 4) is 23.8 Å². The standard InChI is InChI=1S/C22H17ClN2O5S/c1-4-8-30-19-16(23)9-13(10-17(19)29-3)11-18-20(26)25(2)22(31-18)24-15-7-5-6-14(12-15)21(27)28/h1,5-7,9-12H,8H2,2-3H3,(H,27,28)/p-1/b18-11-,24-22?. The number of nitrogens with zero attached hydrogens (tertiary/aromatic N) is 2. The van der Waals surface area contributed by atoms with Crippen molar-refractivity contribution in [1.82, 2.24) is 4.90 Å². The van der Waals surface area contributed by atoms with Crippen molar-refractivity contribution in [2.24, 2.45) is 4.99 Å². The molecule has 3 rings (SSSR count). The predicted octanol–water partition coefficient (Wildman–Crippen LogP) is 2.96. The molecule has 0 bridgehead atoms. The molecule has 7 nitrogen and oxygen atoms in total. The van der Waals surface area contributed by atoms with Gasteiger partial charge in [-0.1, -0.05) is 29.7 Å². The number of aromatic carboxylic acids is 1. The summed E-state index contributed by atoms with van der Waals surface area (Å²) in [6, 6.07) is 9.30. The topological polar surface area (TPSA) is 91.3 Å². The molecule has 1 saturated heterocycles. The Hall–Kier alpha value is -3.41. The lowest BCUT2D eigenvalue weighted by Gasteiger charge is -2.11. The first kappa shape index (κ1) is 22.3. The Labute approximate surface area is 188 Å². The van der Waals surface area contributed by atoms with Crippen molar-refractivity contribution < 1.29 is 24.2 Å². The van der Waals surface area contributed by atoms with Crippen molar-refractivity contribution in [2.75, 3.05) is 20.8 Å². The molecule has 2 aromatic carbocycles. The maximum absolute atomic E-state index is 12.7. The van der Waals surface area contributed by atoms with Gasteiger partial charge < -0.3 is 19.4 Å². The number of rotatable bonds is 6.